The quantitative estimate of drug-likeness (QED) is 0.606. The second-order valence-electron chi connectivity index (χ2n) is 6.12. The zero-order valence-corrected chi connectivity index (χ0v) is 14.7. The van der Waals surface area contributed by atoms with Crippen LogP contribution in [0.15, 0.2) is 42.5 Å². The Labute approximate surface area is 153 Å². The molecule has 0 atom stereocenters. The summed E-state index contributed by atoms with van der Waals surface area (Å²) in [6, 6.07) is 9.11. The monoisotopic (exact) mass is 381 g/mol. The second-order valence-corrected chi connectivity index (χ2v) is 6.12. The van der Waals surface area contributed by atoms with Gasteiger partial charge in [-0.05, 0) is 37.7 Å². The van der Waals surface area contributed by atoms with Crippen LogP contribution in [0.2, 0.25) is 0 Å². The minimum absolute atomic E-state index is 0.0246. The Kier molecular flexibility index (Phi) is 6.17. The third-order valence-corrected chi connectivity index (χ3v) is 3.92. The Morgan fingerprint density at radius 2 is 1.81 bits per heavy atom. The van der Waals surface area contributed by atoms with Gasteiger partial charge in [0.1, 0.15) is 0 Å². The SMILES string of the molecule is Cc1c(NC(=O)CN(C)Cc2ccc(C(F)(F)F)cc2)cccc1[N+](=O)[O-]. The number of hydrogen-bond donors (Lipinski definition) is 1. The molecule has 0 aliphatic rings. The van der Waals surface area contributed by atoms with Crippen LogP contribution in [0.1, 0.15) is 16.7 Å². The number of carbonyl (C=O) groups excluding carboxylic acids is 1. The minimum Gasteiger partial charge on any atom is -0.324 e. The number of carbonyl (C=O) groups is 1. The molecule has 6 nitrogen and oxygen atoms in total. The van der Waals surface area contributed by atoms with Crippen molar-refractivity contribution in [1.29, 1.82) is 0 Å². The van der Waals surface area contributed by atoms with Crippen molar-refractivity contribution in [3.63, 3.8) is 0 Å². The van der Waals surface area contributed by atoms with E-state index in [1.54, 1.807) is 24.9 Å². The number of likely N-dealkylation sites (N-methyl/N-ethyl adjacent to an activating group) is 1. The highest BCUT2D eigenvalue weighted by atomic mass is 19.4. The molecular weight excluding hydrogens is 363 g/mol. The van der Waals surface area contributed by atoms with Gasteiger partial charge >= 0.3 is 6.18 Å². The Morgan fingerprint density at radius 1 is 1.19 bits per heavy atom. The maximum absolute atomic E-state index is 12.6. The van der Waals surface area contributed by atoms with Crippen molar-refractivity contribution < 1.29 is 22.9 Å². The summed E-state index contributed by atoms with van der Waals surface area (Å²) in [6.07, 6.45) is -4.39. The van der Waals surface area contributed by atoms with E-state index >= 15 is 0 Å². The molecule has 0 aromatic heterocycles. The molecule has 2 aromatic carbocycles. The van der Waals surface area contributed by atoms with Crippen molar-refractivity contribution in [1.82, 2.24) is 4.90 Å². The van der Waals surface area contributed by atoms with Gasteiger partial charge < -0.3 is 5.32 Å². The van der Waals surface area contributed by atoms with Gasteiger partial charge in [-0.1, -0.05) is 18.2 Å². The number of nitrogens with zero attached hydrogens (tertiary/aromatic N) is 2. The van der Waals surface area contributed by atoms with Crippen LogP contribution < -0.4 is 5.32 Å². The van der Waals surface area contributed by atoms with Crippen molar-refractivity contribution in [3.05, 3.63) is 69.3 Å². The van der Waals surface area contributed by atoms with Crippen LogP contribution in [0.3, 0.4) is 0 Å². The zero-order valence-electron chi connectivity index (χ0n) is 14.7. The number of alkyl halides is 3. The van der Waals surface area contributed by atoms with E-state index in [-0.39, 0.29) is 24.7 Å². The lowest BCUT2D eigenvalue weighted by molar-refractivity contribution is -0.385. The standard InChI is InChI=1S/C18H18F3N3O3/c1-12-15(4-3-5-16(12)24(26)27)22-17(25)11-23(2)10-13-6-8-14(9-7-13)18(19,20)21/h3-9H,10-11H2,1-2H3,(H,22,25). The molecule has 1 N–H and O–H groups in total. The van der Waals surface area contributed by atoms with Gasteiger partial charge in [0, 0.05) is 12.6 Å². The number of rotatable bonds is 6. The summed E-state index contributed by atoms with van der Waals surface area (Å²) in [4.78, 5) is 24.2. The van der Waals surface area contributed by atoms with E-state index in [1.807, 2.05) is 0 Å². The zero-order chi connectivity index (χ0) is 20.2. The van der Waals surface area contributed by atoms with Crippen molar-refractivity contribution >= 4 is 17.3 Å². The van der Waals surface area contributed by atoms with Gasteiger partial charge in [-0.3, -0.25) is 19.8 Å². The van der Waals surface area contributed by atoms with Crippen LogP contribution in [-0.2, 0) is 17.5 Å². The lowest BCUT2D eigenvalue weighted by atomic mass is 10.1. The van der Waals surface area contributed by atoms with E-state index in [4.69, 9.17) is 0 Å². The normalized spacial score (nSPS) is 11.5. The summed E-state index contributed by atoms with van der Waals surface area (Å²) in [5, 5.41) is 13.6. The second kappa shape index (κ2) is 8.17. The number of benzene rings is 2. The molecular formula is C18H18F3N3O3. The molecule has 0 saturated heterocycles. The predicted molar refractivity (Wildman–Crippen MR) is 94.2 cm³/mol. The number of nitrogens with one attached hydrogen (secondary N) is 1. The molecule has 144 valence electrons. The molecule has 0 saturated carbocycles. The van der Waals surface area contributed by atoms with E-state index < -0.39 is 16.7 Å². The van der Waals surface area contributed by atoms with Crippen LogP contribution in [0.25, 0.3) is 0 Å². The molecule has 0 heterocycles. The molecule has 0 unspecified atom stereocenters. The molecule has 1 amide bonds. The highest BCUT2D eigenvalue weighted by Crippen LogP contribution is 2.29. The molecule has 0 spiro atoms. The number of nitro groups is 1. The van der Waals surface area contributed by atoms with Crippen LogP contribution in [0.5, 0.6) is 0 Å². The van der Waals surface area contributed by atoms with Gasteiger partial charge in [0.2, 0.25) is 5.91 Å². The largest absolute Gasteiger partial charge is 0.416 e. The van der Waals surface area contributed by atoms with Crippen LogP contribution in [0.4, 0.5) is 24.5 Å². The number of halogens is 3. The summed E-state index contributed by atoms with van der Waals surface area (Å²) in [6.45, 7) is 1.79. The molecule has 0 aliphatic heterocycles. The van der Waals surface area contributed by atoms with Gasteiger partial charge in [-0.25, -0.2) is 0 Å². The molecule has 2 aromatic rings. The first-order valence-corrected chi connectivity index (χ1v) is 7.96. The number of hydrogen-bond acceptors (Lipinski definition) is 4. The highest BCUT2D eigenvalue weighted by molar-refractivity contribution is 5.93. The minimum atomic E-state index is -4.39. The summed E-state index contributed by atoms with van der Waals surface area (Å²) in [5.74, 6) is -0.381. The first-order valence-electron chi connectivity index (χ1n) is 7.96. The summed E-state index contributed by atoms with van der Waals surface area (Å²) in [5.41, 5.74) is 0.502. The van der Waals surface area contributed by atoms with Crippen molar-refractivity contribution in [2.24, 2.45) is 0 Å². The summed E-state index contributed by atoms with van der Waals surface area (Å²) in [7, 11) is 1.65. The van der Waals surface area contributed by atoms with E-state index in [1.165, 1.54) is 24.3 Å². The third kappa shape index (κ3) is 5.52. The molecule has 9 heteroatoms. The van der Waals surface area contributed by atoms with E-state index in [0.717, 1.165) is 12.1 Å². The van der Waals surface area contributed by atoms with Crippen molar-refractivity contribution in [3.8, 4) is 0 Å². The van der Waals surface area contributed by atoms with Crippen molar-refractivity contribution in [2.75, 3.05) is 18.9 Å². The Morgan fingerprint density at radius 3 is 2.37 bits per heavy atom. The predicted octanol–water partition coefficient (Wildman–Crippen LogP) is 3.99. The fourth-order valence-corrected chi connectivity index (χ4v) is 2.56. The lowest BCUT2D eigenvalue weighted by Gasteiger charge is -2.17. The molecule has 0 bridgehead atoms. The van der Waals surface area contributed by atoms with E-state index in [9.17, 15) is 28.1 Å². The van der Waals surface area contributed by atoms with Gasteiger partial charge in [-0.15, -0.1) is 0 Å². The van der Waals surface area contributed by atoms with Gasteiger partial charge in [0.15, 0.2) is 0 Å². The Balaban J connectivity index is 1.96. The average molecular weight is 381 g/mol. The highest BCUT2D eigenvalue weighted by Gasteiger charge is 2.29. The van der Waals surface area contributed by atoms with Gasteiger partial charge in [0.25, 0.3) is 5.69 Å². The number of anilines is 1. The average Bonchev–Trinajstić information content (AvgIpc) is 2.56. The summed E-state index contributed by atoms with van der Waals surface area (Å²) >= 11 is 0. The topological polar surface area (TPSA) is 75.5 Å². The molecule has 0 fully saturated rings. The van der Waals surface area contributed by atoms with Gasteiger partial charge in [-0.2, -0.15) is 13.2 Å². The first kappa shape index (κ1) is 20.4. The molecule has 0 aliphatic carbocycles. The molecule has 2 rings (SSSR count). The molecule has 0 radical (unpaired) electrons. The number of amides is 1. The van der Waals surface area contributed by atoms with Crippen LogP contribution in [-0.4, -0.2) is 29.3 Å². The van der Waals surface area contributed by atoms with Crippen LogP contribution in [0, 0.1) is 17.0 Å². The maximum atomic E-state index is 12.6. The lowest BCUT2D eigenvalue weighted by Crippen LogP contribution is -2.30. The Bertz CT molecular complexity index is 836. The van der Waals surface area contributed by atoms with Crippen molar-refractivity contribution in [2.45, 2.75) is 19.6 Å². The fourth-order valence-electron chi connectivity index (χ4n) is 2.56. The van der Waals surface area contributed by atoms with E-state index in [0.29, 0.717) is 16.8 Å². The maximum Gasteiger partial charge on any atom is 0.416 e. The number of nitro benzene ring substituents is 1. The Hall–Kier alpha value is -2.94. The molecule has 27 heavy (non-hydrogen) atoms. The first-order chi connectivity index (χ1) is 12.6. The van der Waals surface area contributed by atoms with Gasteiger partial charge in [0.05, 0.1) is 28.3 Å². The summed E-state index contributed by atoms with van der Waals surface area (Å²) < 4.78 is 37.7. The van der Waals surface area contributed by atoms with E-state index in [2.05, 4.69) is 5.32 Å². The fraction of sp³-hybridized carbons (Fsp3) is 0.278. The van der Waals surface area contributed by atoms with Crippen LogP contribution >= 0.6 is 0 Å². The smallest absolute Gasteiger partial charge is 0.324 e. The third-order valence-electron chi connectivity index (χ3n) is 3.92.